The van der Waals surface area contributed by atoms with E-state index in [1.54, 1.807) is 4.90 Å². The Bertz CT molecular complexity index is 1030. The summed E-state index contributed by atoms with van der Waals surface area (Å²) < 4.78 is 6.04. The summed E-state index contributed by atoms with van der Waals surface area (Å²) in [5.41, 5.74) is 2.41. The lowest BCUT2D eigenvalue weighted by atomic mass is 10.00. The summed E-state index contributed by atoms with van der Waals surface area (Å²) in [5, 5.41) is 11.2. The van der Waals surface area contributed by atoms with Crippen molar-refractivity contribution >= 4 is 33.4 Å². The molecule has 2 aromatic carbocycles. The molecule has 1 amide bonds. The van der Waals surface area contributed by atoms with E-state index in [1.165, 1.54) is 6.08 Å². The lowest BCUT2D eigenvalue weighted by Gasteiger charge is -2.31. The predicted molar refractivity (Wildman–Crippen MR) is 104 cm³/mol. The molecule has 0 spiro atoms. The van der Waals surface area contributed by atoms with Gasteiger partial charge in [0.2, 0.25) is 0 Å². The zero-order chi connectivity index (χ0) is 18.8. The molecule has 1 aromatic heterocycles. The van der Waals surface area contributed by atoms with Gasteiger partial charge in [-0.25, -0.2) is 0 Å². The molecular formula is C22H22N2O2. The maximum Gasteiger partial charge on any atom is 0.255 e. The number of para-hydroxylation sites is 2. The first kappa shape index (κ1) is 17.8. The first-order valence-corrected chi connectivity index (χ1v) is 8.78. The number of nitriles is 1. The van der Waals surface area contributed by atoms with Crippen molar-refractivity contribution in [3.05, 3.63) is 54.1 Å². The van der Waals surface area contributed by atoms with Crippen LogP contribution >= 0.6 is 0 Å². The van der Waals surface area contributed by atoms with Gasteiger partial charge in [-0.05, 0) is 33.8 Å². The number of amides is 1. The number of benzene rings is 2. The van der Waals surface area contributed by atoms with Crippen molar-refractivity contribution in [2.24, 2.45) is 0 Å². The molecule has 1 heterocycles. The molecule has 0 N–H and O–H groups in total. The molecule has 26 heavy (non-hydrogen) atoms. The largest absolute Gasteiger partial charge is 0.455 e. The summed E-state index contributed by atoms with van der Waals surface area (Å²) in [4.78, 5) is 15.0. The van der Waals surface area contributed by atoms with Crippen molar-refractivity contribution in [2.75, 3.05) is 0 Å². The van der Waals surface area contributed by atoms with E-state index in [2.05, 4.69) is 0 Å². The SMILES string of the molecule is CC(C)N(C(=O)/C(=C/C#N)c1cccc2c1oc1ccccc12)C(C)C. The van der Waals surface area contributed by atoms with E-state index >= 15 is 0 Å². The number of furan rings is 1. The van der Waals surface area contributed by atoms with Crippen LogP contribution in [0.25, 0.3) is 27.5 Å². The van der Waals surface area contributed by atoms with Crippen molar-refractivity contribution in [2.45, 2.75) is 39.8 Å². The van der Waals surface area contributed by atoms with Gasteiger partial charge in [-0.15, -0.1) is 0 Å². The smallest absolute Gasteiger partial charge is 0.255 e. The third-order valence-electron chi connectivity index (χ3n) is 4.48. The van der Waals surface area contributed by atoms with Crippen LogP contribution in [0.4, 0.5) is 0 Å². The number of carbonyl (C=O) groups excluding carboxylic acids is 1. The Morgan fingerprint density at radius 2 is 1.69 bits per heavy atom. The van der Waals surface area contributed by atoms with Crippen molar-refractivity contribution < 1.29 is 9.21 Å². The van der Waals surface area contributed by atoms with Gasteiger partial charge in [0, 0.05) is 34.5 Å². The number of fused-ring (bicyclic) bond motifs is 3. The van der Waals surface area contributed by atoms with Gasteiger partial charge in [-0.1, -0.05) is 36.4 Å². The Balaban J connectivity index is 2.23. The number of rotatable bonds is 4. The molecule has 0 unspecified atom stereocenters. The van der Waals surface area contributed by atoms with E-state index in [9.17, 15) is 10.1 Å². The van der Waals surface area contributed by atoms with Gasteiger partial charge in [0.25, 0.3) is 5.91 Å². The molecule has 4 heteroatoms. The fourth-order valence-corrected chi connectivity index (χ4v) is 3.48. The molecule has 0 bridgehead atoms. The van der Waals surface area contributed by atoms with Crippen LogP contribution in [0.15, 0.2) is 53.0 Å². The molecule has 3 rings (SSSR count). The van der Waals surface area contributed by atoms with Gasteiger partial charge in [0.15, 0.2) is 0 Å². The van der Waals surface area contributed by atoms with E-state index in [0.29, 0.717) is 16.7 Å². The third kappa shape index (κ3) is 2.97. The molecule has 0 aliphatic heterocycles. The minimum atomic E-state index is -0.162. The lowest BCUT2D eigenvalue weighted by Crippen LogP contribution is -2.42. The second kappa shape index (κ2) is 7.05. The van der Waals surface area contributed by atoms with Crippen LogP contribution in [0.2, 0.25) is 0 Å². The number of allylic oxidation sites excluding steroid dienone is 1. The topological polar surface area (TPSA) is 57.2 Å². The Labute approximate surface area is 153 Å². The number of hydrogen-bond donors (Lipinski definition) is 0. The quantitative estimate of drug-likeness (QED) is 0.485. The Morgan fingerprint density at radius 1 is 1.04 bits per heavy atom. The molecule has 0 saturated heterocycles. The van der Waals surface area contributed by atoms with Crippen molar-refractivity contribution in [3.63, 3.8) is 0 Å². The summed E-state index contributed by atoms with van der Waals surface area (Å²) in [7, 11) is 0. The first-order valence-electron chi connectivity index (χ1n) is 8.78. The standard InChI is InChI=1S/C22H22N2O2/c1-14(2)24(15(3)4)22(25)19(12-13-23)18-10-7-9-17-16-8-5-6-11-20(16)26-21(17)18/h5-12,14-15H,1-4H3/b19-12+. The summed E-state index contributed by atoms with van der Waals surface area (Å²) in [6.07, 6.45) is 1.32. The molecule has 0 aliphatic carbocycles. The van der Waals surface area contributed by atoms with E-state index in [-0.39, 0.29) is 18.0 Å². The van der Waals surface area contributed by atoms with Gasteiger partial charge in [0.1, 0.15) is 11.2 Å². The number of hydrogen-bond acceptors (Lipinski definition) is 3. The van der Waals surface area contributed by atoms with Crippen LogP contribution in [-0.4, -0.2) is 22.9 Å². The Morgan fingerprint density at radius 3 is 2.35 bits per heavy atom. The normalized spacial score (nSPS) is 12.1. The van der Waals surface area contributed by atoms with Gasteiger partial charge in [0.05, 0.1) is 11.6 Å². The summed E-state index contributed by atoms with van der Waals surface area (Å²) in [6, 6.07) is 15.6. The highest BCUT2D eigenvalue weighted by molar-refractivity contribution is 6.24. The molecule has 0 radical (unpaired) electrons. The zero-order valence-corrected chi connectivity index (χ0v) is 15.5. The van der Waals surface area contributed by atoms with Crippen LogP contribution in [-0.2, 0) is 4.79 Å². The molecule has 132 valence electrons. The van der Waals surface area contributed by atoms with Crippen LogP contribution in [0.5, 0.6) is 0 Å². The monoisotopic (exact) mass is 346 g/mol. The zero-order valence-electron chi connectivity index (χ0n) is 15.5. The van der Waals surface area contributed by atoms with Crippen LogP contribution in [0.1, 0.15) is 33.3 Å². The van der Waals surface area contributed by atoms with Crippen molar-refractivity contribution in [1.82, 2.24) is 4.90 Å². The summed E-state index contributed by atoms with van der Waals surface area (Å²) in [6.45, 7) is 7.90. The lowest BCUT2D eigenvalue weighted by molar-refractivity contribution is -0.128. The highest BCUT2D eigenvalue weighted by Gasteiger charge is 2.26. The minimum Gasteiger partial charge on any atom is -0.455 e. The van der Waals surface area contributed by atoms with E-state index < -0.39 is 0 Å². The van der Waals surface area contributed by atoms with Gasteiger partial charge < -0.3 is 9.32 Å². The maximum atomic E-state index is 13.2. The maximum absolute atomic E-state index is 13.2. The van der Waals surface area contributed by atoms with Crippen LogP contribution in [0.3, 0.4) is 0 Å². The van der Waals surface area contributed by atoms with Gasteiger partial charge in [-0.3, -0.25) is 4.79 Å². The fourth-order valence-electron chi connectivity index (χ4n) is 3.48. The van der Waals surface area contributed by atoms with Crippen LogP contribution < -0.4 is 0 Å². The highest BCUT2D eigenvalue weighted by atomic mass is 16.3. The highest BCUT2D eigenvalue weighted by Crippen LogP contribution is 2.34. The average Bonchev–Trinajstić information content (AvgIpc) is 2.98. The first-order chi connectivity index (χ1) is 12.5. The molecule has 0 saturated carbocycles. The number of carbonyl (C=O) groups is 1. The van der Waals surface area contributed by atoms with Gasteiger partial charge >= 0.3 is 0 Å². The minimum absolute atomic E-state index is 0.0273. The van der Waals surface area contributed by atoms with E-state index in [0.717, 1.165) is 16.4 Å². The Hall–Kier alpha value is -3.06. The van der Waals surface area contributed by atoms with Crippen molar-refractivity contribution in [1.29, 1.82) is 5.26 Å². The molecule has 0 fully saturated rings. The number of nitrogens with zero attached hydrogens (tertiary/aromatic N) is 2. The summed E-state index contributed by atoms with van der Waals surface area (Å²) >= 11 is 0. The van der Waals surface area contributed by atoms with Gasteiger partial charge in [-0.2, -0.15) is 5.26 Å². The third-order valence-corrected chi connectivity index (χ3v) is 4.48. The van der Waals surface area contributed by atoms with E-state index in [1.807, 2.05) is 76.2 Å². The van der Waals surface area contributed by atoms with Crippen LogP contribution in [0, 0.1) is 11.3 Å². The molecule has 0 aliphatic rings. The van der Waals surface area contributed by atoms with E-state index in [4.69, 9.17) is 4.42 Å². The second-order valence-electron chi connectivity index (χ2n) is 6.87. The molecule has 3 aromatic rings. The van der Waals surface area contributed by atoms with Crippen molar-refractivity contribution in [3.8, 4) is 6.07 Å². The average molecular weight is 346 g/mol. The second-order valence-corrected chi connectivity index (χ2v) is 6.87. The summed E-state index contributed by atoms with van der Waals surface area (Å²) in [5.74, 6) is -0.162. The molecule has 0 atom stereocenters. The fraction of sp³-hybridized carbons (Fsp3) is 0.273. The Kier molecular flexibility index (Phi) is 4.81. The predicted octanol–water partition coefficient (Wildman–Crippen LogP) is 5.14. The molecule has 4 nitrogen and oxygen atoms in total. The molecular weight excluding hydrogens is 324 g/mol.